The minimum Gasteiger partial charge on any atom is -0.388 e. The van der Waals surface area contributed by atoms with E-state index in [2.05, 4.69) is 26.1 Å². The third-order valence-corrected chi connectivity index (χ3v) is 4.04. The van der Waals surface area contributed by atoms with Crippen molar-refractivity contribution in [2.24, 2.45) is 7.05 Å². The number of hydrogen-bond donors (Lipinski definition) is 1. The summed E-state index contributed by atoms with van der Waals surface area (Å²) in [7, 11) is 1.88. The Bertz CT molecular complexity index is 546. The third kappa shape index (κ3) is 2.49. The lowest BCUT2D eigenvalue weighted by Crippen LogP contribution is -2.06. The van der Waals surface area contributed by atoms with Gasteiger partial charge in [0, 0.05) is 31.8 Å². The molecule has 1 atom stereocenters. The fourth-order valence-electron chi connectivity index (χ4n) is 1.93. The molecule has 0 fully saturated rings. The lowest BCUT2D eigenvalue weighted by atomic mass is 10.1. The molecule has 1 N–H and O–H groups in total. The molecule has 0 aliphatic carbocycles. The first-order chi connectivity index (χ1) is 8.52. The van der Waals surface area contributed by atoms with Crippen LogP contribution in [0.15, 0.2) is 16.9 Å². The Labute approximate surface area is 115 Å². The topological polar surface area (TPSA) is 55.9 Å². The summed E-state index contributed by atoms with van der Waals surface area (Å²) in [6.45, 7) is 4.76. The first-order valence-corrected chi connectivity index (χ1v) is 6.70. The van der Waals surface area contributed by atoms with Gasteiger partial charge in [0.05, 0.1) is 28.2 Å². The number of aliphatic hydroxyl groups is 1. The second-order valence-electron chi connectivity index (χ2n) is 4.32. The van der Waals surface area contributed by atoms with Crippen LogP contribution in [0.25, 0.3) is 0 Å². The predicted molar refractivity (Wildman–Crippen MR) is 72.2 cm³/mol. The van der Waals surface area contributed by atoms with Crippen molar-refractivity contribution < 1.29 is 5.11 Å². The van der Waals surface area contributed by atoms with Crippen LogP contribution in [0, 0.1) is 6.92 Å². The zero-order valence-electron chi connectivity index (χ0n) is 10.8. The zero-order chi connectivity index (χ0) is 13.3. The minimum absolute atomic E-state index is 0.521. The van der Waals surface area contributed by atoms with Gasteiger partial charge in [-0.15, -0.1) is 0 Å². The van der Waals surface area contributed by atoms with E-state index in [1.54, 1.807) is 10.9 Å². The summed E-state index contributed by atoms with van der Waals surface area (Å²) in [6.07, 6.45) is 3.55. The second kappa shape index (κ2) is 5.24. The Kier molecular flexibility index (Phi) is 3.87. The molecule has 18 heavy (non-hydrogen) atoms. The number of nitrogens with zero attached hydrogens (tertiary/aromatic N) is 4. The summed E-state index contributed by atoms with van der Waals surface area (Å²) in [5.41, 5.74) is 2.76. The first-order valence-electron chi connectivity index (χ1n) is 5.91. The zero-order valence-corrected chi connectivity index (χ0v) is 12.3. The van der Waals surface area contributed by atoms with Crippen molar-refractivity contribution in [3.05, 3.63) is 33.8 Å². The van der Waals surface area contributed by atoms with E-state index in [4.69, 9.17) is 0 Å². The molecule has 5 nitrogen and oxygen atoms in total. The van der Waals surface area contributed by atoms with E-state index >= 15 is 0 Å². The van der Waals surface area contributed by atoms with E-state index in [1.807, 2.05) is 31.8 Å². The van der Waals surface area contributed by atoms with Crippen LogP contribution in [-0.4, -0.2) is 24.7 Å². The third-order valence-electron chi connectivity index (χ3n) is 3.01. The standard InChI is InChI=1S/C12H17BrN4O/c1-4-17-7-9(6-14-17)11(18)5-10-12(13)8(2)15-16(10)3/h6-7,11,18H,4-5H2,1-3H3. The maximum Gasteiger partial charge on any atom is 0.0876 e. The highest BCUT2D eigenvalue weighted by Crippen LogP contribution is 2.25. The SMILES string of the molecule is CCn1cc(C(O)Cc2c(Br)c(C)nn2C)cn1. The van der Waals surface area contributed by atoms with Crippen LogP contribution in [0.1, 0.15) is 30.0 Å². The summed E-state index contributed by atoms with van der Waals surface area (Å²) in [4.78, 5) is 0. The molecule has 0 saturated carbocycles. The van der Waals surface area contributed by atoms with Gasteiger partial charge in [-0.05, 0) is 29.8 Å². The van der Waals surface area contributed by atoms with Crippen molar-refractivity contribution in [3.63, 3.8) is 0 Å². The number of rotatable bonds is 4. The van der Waals surface area contributed by atoms with Gasteiger partial charge in [-0.1, -0.05) is 0 Å². The molecule has 6 heteroatoms. The number of aliphatic hydroxyl groups excluding tert-OH is 1. The smallest absolute Gasteiger partial charge is 0.0876 e. The molecule has 2 aromatic heterocycles. The second-order valence-corrected chi connectivity index (χ2v) is 5.11. The van der Waals surface area contributed by atoms with Crippen LogP contribution < -0.4 is 0 Å². The van der Waals surface area contributed by atoms with Gasteiger partial charge in [-0.3, -0.25) is 9.36 Å². The fraction of sp³-hybridized carbons (Fsp3) is 0.500. The summed E-state index contributed by atoms with van der Waals surface area (Å²) in [6, 6.07) is 0. The number of aryl methyl sites for hydroxylation is 3. The lowest BCUT2D eigenvalue weighted by molar-refractivity contribution is 0.175. The van der Waals surface area contributed by atoms with E-state index in [-0.39, 0.29) is 0 Å². The van der Waals surface area contributed by atoms with Crippen LogP contribution >= 0.6 is 15.9 Å². The molecule has 0 aliphatic rings. The van der Waals surface area contributed by atoms with Crippen molar-refractivity contribution in [2.45, 2.75) is 32.9 Å². The predicted octanol–water partition coefficient (Wildman–Crippen LogP) is 1.98. The Morgan fingerprint density at radius 1 is 1.50 bits per heavy atom. The van der Waals surface area contributed by atoms with Gasteiger partial charge in [0.2, 0.25) is 0 Å². The van der Waals surface area contributed by atoms with Crippen molar-refractivity contribution in [3.8, 4) is 0 Å². The lowest BCUT2D eigenvalue weighted by Gasteiger charge is -2.09. The number of aromatic nitrogens is 4. The van der Waals surface area contributed by atoms with Gasteiger partial charge >= 0.3 is 0 Å². The van der Waals surface area contributed by atoms with Crippen molar-refractivity contribution >= 4 is 15.9 Å². The van der Waals surface area contributed by atoms with Crippen LogP contribution in [0.5, 0.6) is 0 Å². The molecule has 2 rings (SSSR count). The number of hydrogen-bond acceptors (Lipinski definition) is 3. The molecule has 0 saturated heterocycles. The molecule has 0 spiro atoms. The molecular weight excluding hydrogens is 296 g/mol. The Morgan fingerprint density at radius 3 is 2.72 bits per heavy atom. The van der Waals surface area contributed by atoms with E-state index < -0.39 is 6.10 Å². The summed E-state index contributed by atoms with van der Waals surface area (Å²) in [5.74, 6) is 0. The first kappa shape index (κ1) is 13.3. The van der Waals surface area contributed by atoms with E-state index in [9.17, 15) is 5.11 Å². The average molecular weight is 313 g/mol. The molecule has 1 unspecified atom stereocenters. The van der Waals surface area contributed by atoms with Crippen molar-refractivity contribution in [1.29, 1.82) is 0 Å². The number of halogens is 1. The van der Waals surface area contributed by atoms with Crippen LogP contribution in [0.4, 0.5) is 0 Å². The Morgan fingerprint density at radius 2 is 2.22 bits per heavy atom. The van der Waals surface area contributed by atoms with E-state index in [0.717, 1.165) is 28.0 Å². The summed E-state index contributed by atoms with van der Waals surface area (Å²) >= 11 is 3.51. The van der Waals surface area contributed by atoms with Crippen LogP contribution in [0.2, 0.25) is 0 Å². The molecule has 0 radical (unpaired) electrons. The average Bonchev–Trinajstić information content (AvgIpc) is 2.90. The summed E-state index contributed by atoms with van der Waals surface area (Å²) < 4.78 is 4.57. The molecule has 0 aliphatic heterocycles. The van der Waals surface area contributed by atoms with Gasteiger partial charge in [0.1, 0.15) is 0 Å². The van der Waals surface area contributed by atoms with Gasteiger partial charge in [-0.25, -0.2) is 0 Å². The highest BCUT2D eigenvalue weighted by Gasteiger charge is 2.17. The quantitative estimate of drug-likeness (QED) is 0.939. The highest BCUT2D eigenvalue weighted by molar-refractivity contribution is 9.10. The van der Waals surface area contributed by atoms with Gasteiger partial charge < -0.3 is 5.11 Å². The van der Waals surface area contributed by atoms with Gasteiger partial charge in [0.25, 0.3) is 0 Å². The van der Waals surface area contributed by atoms with E-state index in [1.165, 1.54) is 0 Å². The molecule has 0 bridgehead atoms. The van der Waals surface area contributed by atoms with Crippen LogP contribution in [0.3, 0.4) is 0 Å². The maximum atomic E-state index is 10.2. The Balaban J connectivity index is 2.18. The molecule has 98 valence electrons. The summed E-state index contributed by atoms with van der Waals surface area (Å²) in [5, 5.41) is 18.7. The Hall–Kier alpha value is -1.14. The van der Waals surface area contributed by atoms with Crippen LogP contribution in [-0.2, 0) is 20.0 Å². The van der Waals surface area contributed by atoms with Gasteiger partial charge in [-0.2, -0.15) is 10.2 Å². The highest BCUT2D eigenvalue weighted by atomic mass is 79.9. The molecule has 2 aromatic rings. The largest absolute Gasteiger partial charge is 0.388 e. The molecular formula is C12H17BrN4O. The molecule has 2 heterocycles. The van der Waals surface area contributed by atoms with Crippen molar-refractivity contribution in [1.82, 2.24) is 19.6 Å². The maximum absolute atomic E-state index is 10.2. The normalized spacial score (nSPS) is 12.9. The molecule has 0 aromatic carbocycles. The molecule has 0 amide bonds. The monoisotopic (exact) mass is 312 g/mol. The fourth-order valence-corrected chi connectivity index (χ4v) is 2.43. The minimum atomic E-state index is -0.559. The van der Waals surface area contributed by atoms with E-state index in [0.29, 0.717) is 6.42 Å². The van der Waals surface area contributed by atoms with Crippen molar-refractivity contribution in [2.75, 3.05) is 0 Å². The van der Waals surface area contributed by atoms with Gasteiger partial charge in [0.15, 0.2) is 0 Å².